The summed E-state index contributed by atoms with van der Waals surface area (Å²) in [5.41, 5.74) is -1.45. The maximum absolute atomic E-state index is 14.2. The fraction of sp³-hybridized carbons (Fsp3) is 0.100. The molecule has 8 heteroatoms. The predicted octanol–water partition coefficient (Wildman–Crippen LogP) is 4.55. The lowest BCUT2D eigenvalue weighted by Crippen LogP contribution is -2.27. The van der Waals surface area contributed by atoms with E-state index in [9.17, 15) is 27.5 Å². The van der Waals surface area contributed by atoms with Gasteiger partial charge < -0.3 is 5.11 Å². The van der Waals surface area contributed by atoms with Gasteiger partial charge in [0.25, 0.3) is 5.56 Å². The SMILES string of the molecule is CC(=Nc1ccc(F)cc1F)c1c(O)cc(C)n(-c2ccc(F)cc2F)c1=O. The highest BCUT2D eigenvalue weighted by Gasteiger charge is 2.19. The van der Waals surface area contributed by atoms with Gasteiger partial charge in [0.05, 0.1) is 17.1 Å². The monoisotopic (exact) mass is 390 g/mol. The van der Waals surface area contributed by atoms with Crippen LogP contribution in [0.4, 0.5) is 23.2 Å². The number of aliphatic imine (C=N–C) groups is 1. The molecule has 2 aromatic carbocycles. The number of aromatic nitrogens is 1. The van der Waals surface area contributed by atoms with Gasteiger partial charge in [0.2, 0.25) is 0 Å². The standard InChI is InChI=1S/C20H14F4N2O2/c1-10-7-18(27)19(11(2)25-16-5-3-12(21)8-14(16)23)20(28)26(10)17-6-4-13(22)9-15(17)24/h3-9,27H,1-2H3. The van der Waals surface area contributed by atoms with Crippen molar-refractivity contribution in [2.45, 2.75) is 13.8 Å². The van der Waals surface area contributed by atoms with Crippen molar-refractivity contribution in [2.24, 2.45) is 4.99 Å². The van der Waals surface area contributed by atoms with E-state index in [0.29, 0.717) is 12.1 Å². The summed E-state index contributed by atoms with van der Waals surface area (Å²) in [5.74, 6) is -3.96. The number of hydrogen-bond donors (Lipinski definition) is 1. The second-order valence-corrected chi connectivity index (χ2v) is 6.08. The lowest BCUT2D eigenvalue weighted by Gasteiger charge is -2.14. The molecule has 0 unspecified atom stereocenters. The van der Waals surface area contributed by atoms with Crippen molar-refractivity contribution in [1.82, 2.24) is 4.57 Å². The van der Waals surface area contributed by atoms with Gasteiger partial charge in [0.15, 0.2) is 5.82 Å². The molecular weight excluding hydrogens is 376 g/mol. The minimum atomic E-state index is -0.971. The van der Waals surface area contributed by atoms with Crippen molar-refractivity contribution in [3.63, 3.8) is 0 Å². The fourth-order valence-corrected chi connectivity index (χ4v) is 2.83. The summed E-state index contributed by atoms with van der Waals surface area (Å²) in [4.78, 5) is 16.9. The van der Waals surface area contributed by atoms with Crippen LogP contribution >= 0.6 is 0 Å². The first-order valence-corrected chi connectivity index (χ1v) is 8.11. The molecule has 144 valence electrons. The minimum absolute atomic E-state index is 0.0655. The first kappa shape index (κ1) is 19.3. The zero-order valence-corrected chi connectivity index (χ0v) is 14.8. The average Bonchev–Trinajstić information content (AvgIpc) is 2.59. The Balaban J connectivity index is 2.22. The Bertz CT molecular complexity index is 1170. The van der Waals surface area contributed by atoms with Crippen LogP contribution in [0.1, 0.15) is 18.2 Å². The van der Waals surface area contributed by atoms with Crippen molar-refractivity contribution in [3.8, 4) is 11.4 Å². The summed E-state index contributed by atoms with van der Waals surface area (Å²) >= 11 is 0. The van der Waals surface area contributed by atoms with Crippen LogP contribution in [0.5, 0.6) is 5.75 Å². The first-order valence-electron chi connectivity index (χ1n) is 8.11. The maximum atomic E-state index is 14.2. The molecule has 1 aromatic heterocycles. The van der Waals surface area contributed by atoms with E-state index in [4.69, 9.17) is 0 Å². The van der Waals surface area contributed by atoms with Crippen LogP contribution in [0.15, 0.2) is 52.3 Å². The van der Waals surface area contributed by atoms with Crippen molar-refractivity contribution in [1.29, 1.82) is 0 Å². The van der Waals surface area contributed by atoms with Crippen molar-refractivity contribution < 1.29 is 22.7 Å². The Hall–Kier alpha value is -3.42. The number of pyridine rings is 1. The van der Waals surface area contributed by atoms with Crippen LogP contribution < -0.4 is 5.56 Å². The molecule has 4 nitrogen and oxygen atoms in total. The second kappa shape index (κ2) is 7.30. The number of hydrogen-bond acceptors (Lipinski definition) is 3. The zero-order valence-electron chi connectivity index (χ0n) is 14.8. The summed E-state index contributed by atoms with van der Waals surface area (Å²) in [6, 6.07) is 6.63. The van der Waals surface area contributed by atoms with Gasteiger partial charge in [-0.15, -0.1) is 0 Å². The minimum Gasteiger partial charge on any atom is -0.507 e. The quantitative estimate of drug-likeness (QED) is 0.527. The van der Waals surface area contributed by atoms with Gasteiger partial charge in [-0.1, -0.05) is 0 Å². The van der Waals surface area contributed by atoms with E-state index in [1.54, 1.807) is 0 Å². The van der Waals surface area contributed by atoms with E-state index < -0.39 is 34.6 Å². The van der Waals surface area contributed by atoms with Gasteiger partial charge >= 0.3 is 0 Å². The van der Waals surface area contributed by atoms with Gasteiger partial charge in [0.1, 0.15) is 28.8 Å². The molecule has 0 saturated heterocycles. The molecule has 0 atom stereocenters. The number of aromatic hydroxyl groups is 1. The highest BCUT2D eigenvalue weighted by molar-refractivity contribution is 6.02. The van der Waals surface area contributed by atoms with E-state index in [2.05, 4.69) is 4.99 Å². The maximum Gasteiger partial charge on any atom is 0.268 e. The van der Waals surface area contributed by atoms with Gasteiger partial charge in [-0.05, 0) is 38.1 Å². The lowest BCUT2D eigenvalue weighted by atomic mass is 10.1. The third-order valence-electron chi connectivity index (χ3n) is 4.08. The molecule has 3 rings (SSSR count). The van der Waals surface area contributed by atoms with Gasteiger partial charge in [0, 0.05) is 23.9 Å². The molecule has 1 heterocycles. The summed E-state index contributed by atoms with van der Waals surface area (Å²) in [6.07, 6.45) is 0. The van der Waals surface area contributed by atoms with Gasteiger partial charge in [-0.2, -0.15) is 0 Å². The summed E-state index contributed by atoms with van der Waals surface area (Å²) in [5, 5.41) is 10.2. The Kier molecular flexibility index (Phi) is 5.04. The average molecular weight is 390 g/mol. The zero-order chi connectivity index (χ0) is 20.6. The highest BCUT2D eigenvalue weighted by Crippen LogP contribution is 2.24. The molecule has 0 bridgehead atoms. The topological polar surface area (TPSA) is 54.6 Å². The summed E-state index contributed by atoms with van der Waals surface area (Å²) < 4.78 is 55.2. The highest BCUT2D eigenvalue weighted by atomic mass is 19.1. The Labute approximate surface area is 157 Å². The second-order valence-electron chi connectivity index (χ2n) is 6.08. The number of benzene rings is 2. The smallest absolute Gasteiger partial charge is 0.268 e. The van der Waals surface area contributed by atoms with Crippen LogP contribution in [-0.2, 0) is 0 Å². The molecule has 3 aromatic rings. The summed E-state index contributed by atoms with van der Waals surface area (Å²) in [7, 11) is 0. The molecule has 0 aliphatic rings. The number of aryl methyl sites for hydroxylation is 1. The van der Waals surface area contributed by atoms with E-state index in [0.717, 1.165) is 28.8 Å². The van der Waals surface area contributed by atoms with Gasteiger partial charge in [-0.3, -0.25) is 9.36 Å². The van der Waals surface area contributed by atoms with Crippen molar-refractivity contribution in [3.05, 3.63) is 87.3 Å². The molecule has 0 aliphatic carbocycles. The molecule has 0 spiro atoms. The van der Waals surface area contributed by atoms with Crippen LogP contribution in [0.2, 0.25) is 0 Å². The number of halogens is 4. The van der Waals surface area contributed by atoms with Crippen LogP contribution in [0.25, 0.3) is 5.69 Å². The molecule has 0 fully saturated rings. The van der Waals surface area contributed by atoms with E-state index in [-0.39, 0.29) is 28.3 Å². The van der Waals surface area contributed by atoms with Crippen molar-refractivity contribution in [2.75, 3.05) is 0 Å². The third kappa shape index (κ3) is 3.53. The molecule has 0 amide bonds. The van der Waals surface area contributed by atoms with Crippen LogP contribution in [0, 0.1) is 30.2 Å². The molecule has 0 radical (unpaired) electrons. The Morgan fingerprint density at radius 2 is 1.57 bits per heavy atom. The molecule has 0 aliphatic heterocycles. The fourth-order valence-electron chi connectivity index (χ4n) is 2.83. The van der Waals surface area contributed by atoms with Crippen LogP contribution in [0.3, 0.4) is 0 Å². The Morgan fingerprint density at radius 3 is 2.18 bits per heavy atom. The first-order chi connectivity index (χ1) is 13.2. The Morgan fingerprint density at radius 1 is 0.964 bits per heavy atom. The van der Waals surface area contributed by atoms with E-state index in [1.165, 1.54) is 19.9 Å². The number of nitrogens with zero attached hydrogens (tertiary/aromatic N) is 2. The predicted molar refractivity (Wildman–Crippen MR) is 96.6 cm³/mol. The number of rotatable bonds is 3. The normalized spacial score (nSPS) is 11.7. The summed E-state index contributed by atoms with van der Waals surface area (Å²) in [6.45, 7) is 2.81. The molecule has 28 heavy (non-hydrogen) atoms. The third-order valence-corrected chi connectivity index (χ3v) is 4.08. The molecular formula is C20H14F4N2O2. The molecule has 0 saturated carbocycles. The largest absolute Gasteiger partial charge is 0.507 e. The van der Waals surface area contributed by atoms with E-state index >= 15 is 0 Å². The van der Waals surface area contributed by atoms with Crippen molar-refractivity contribution >= 4 is 11.4 Å². The lowest BCUT2D eigenvalue weighted by molar-refractivity contribution is 0.470. The molecule has 1 N–H and O–H groups in total. The van der Waals surface area contributed by atoms with E-state index in [1.807, 2.05) is 0 Å². The van der Waals surface area contributed by atoms with Gasteiger partial charge in [-0.25, -0.2) is 22.6 Å². The van der Waals surface area contributed by atoms with Crippen LogP contribution in [-0.4, -0.2) is 15.4 Å².